The number of ketones is 2. The number of aryl methyl sites for hydroxylation is 1. The second-order valence-corrected chi connectivity index (χ2v) is 6.10. The van der Waals surface area contributed by atoms with E-state index in [9.17, 15) is 9.59 Å². The first kappa shape index (κ1) is 13.3. The Labute approximate surface area is 132 Å². The first-order valence-corrected chi connectivity index (χ1v) is 7.41. The summed E-state index contributed by atoms with van der Waals surface area (Å²) in [4.78, 5) is 25.1. The van der Waals surface area contributed by atoms with Crippen molar-refractivity contribution >= 4 is 28.9 Å². The predicted octanol–water partition coefficient (Wildman–Crippen LogP) is 3.95. The van der Waals surface area contributed by atoms with Crippen LogP contribution in [0.15, 0.2) is 47.7 Å². The number of halogens is 1. The van der Waals surface area contributed by atoms with Crippen molar-refractivity contribution in [2.45, 2.75) is 13.3 Å². The highest BCUT2D eigenvalue weighted by atomic mass is 35.5. The molecule has 0 spiro atoms. The number of benzene rings is 2. The molecule has 0 unspecified atom stereocenters. The number of fused-ring (bicyclic) bond motifs is 2. The number of hydrogen-bond acceptors (Lipinski definition) is 3. The Bertz CT molecular complexity index is 822. The van der Waals surface area contributed by atoms with E-state index in [0.29, 0.717) is 39.5 Å². The molecule has 4 heteroatoms. The monoisotopic (exact) mass is 309 g/mol. The summed E-state index contributed by atoms with van der Waals surface area (Å²) >= 11 is 5.96. The second kappa shape index (κ2) is 4.55. The van der Waals surface area contributed by atoms with Gasteiger partial charge >= 0.3 is 0 Å². The molecule has 22 heavy (non-hydrogen) atoms. The van der Waals surface area contributed by atoms with E-state index >= 15 is 0 Å². The Balaban J connectivity index is 1.82. The van der Waals surface area contributed by atoms with Crippen LogP contribution < -0.4 is 5.32 Å². The zero-order chi connectivity index (χ0) is 15.4. The normalized spacial score (nSPS) is 19.2. The third kappa shape index (κ3) is 1.82. The molecule has 3 nitrogen and oxygen atoms in total. The highest BCUT2D eigenvalue weighted by molar-refractivity contribution is 6.32. The standard InChI is InChI=1S/C18H12ClNO2/c1-9-2-4-12-10(6-9)7-14(17(12)21)16-18(22)13-5-3-11(19)8-15(13)20-16/h2-6,8,20H,7H2,1H3/b16-14-. The van der Waals surface area contributed by atoms with Crippen molar-refractivity contribution in [3.63, 3.8) is 0 Å². The molecule has 1 aliphatic carbocycles. The summed E-state index contributed by atoms with van der Waals surface area (Å²) in [5.74, 6) is -0.204. The number of carbonyl (C=O) groups excluding carboxylic acids is 2. The van der Waals surface area contributed by atoms with Gasteiger partial charge in [-0.1, -0.05) is 35.4 Å². The number of hydrogen-bond donors (Lipinski definition) is 1. The maximum Gasteiger partial charge on any atom is 0.211 e. The second-order valence-electron chi connectivity index (χ2n) is 5.66. The number of carbonyl (C=O) groups is 2. The van der Waals surface area contributed by atoms with Gasteiger partial charge in [-0.2, -0.15) is 0 Å². The molecule has 0 radical (unpaired) electrons. The molecule has 0 fully saturated rings. The van der Waals surface area contributed by atoms with Gasteiger partial charge in [0.2, 0.25) is 5.78 Å². The first-order chi connectivity index (χ1) is 10.5. The van der Waals surface area contributed by atoms with Crippen LogP contribution in [0.5, 0.6) is 0 Å². The molecule has 4 rings (SSSR count). The fourth-order valence-electron chi connectivity index (χ4n) is 3.08. The molecular formula is C18H12ClNO2. The van der Waals surface area contributed by atoms with Crippen LogP contribution >= 0.6 is 11.6 Å². The maximum absolute atomic E-state index is 12.6. The topological polar surface area (TPSA) is 46.2 Å². The maximum atomic E-state index is 12.6. The minimum atomic E-state index is -0.139. The molecule has 1 N–H and O–H groups in total. The van der Waals surface area contributed by atoms with Crippen molar-refractivity contribution in [3.05, 3.63) is 74.9 Å². The molecule has 1 heterocycles. The van der Waals surface area contributed by atoms with Crippen LogP contribution in [0.3, 0.4) is 0 Å². The summed E-state index contributed by atoms with van der Waals surface area (Å²) < 4.78 is 0. The van der Waals surface area contributed by atoms with E-state index < -0.39 is 0 Å². The number of rotatable bonds is 0. The van der Waals surface area contributed by atoms with Crippen LogP contribution in [-0.4, -0.2) is 11.6 Å². The van der Waals surface area contributed by atoms with E-state index in [1.807, 2.05) is 25.1 Å². The van der Waals surface area contributed by atoms with E-state index in [0.717, 1.165) is 11.1 Å². The average molecular weight is 310 g/mol. The summed E-state index contributed by atoms with van der Waals surface area (Å²) in [7, 11) is 0. The summed E-state index contributed by atoms with van der Waals surface area (Å²) in [6.07, 6.45) is 0.492. The van der Waals surface area contributed by atoms with Gasteiger partial charge in [0, 0.05) is 28.1 Å². The number of anilines is 1. The molecule has 2 aromatic carbocycles. The van der Waals surface area contributed by atoms with Gasteiger partial charge in [-0.25, -0.2) is 0 Å². The molecule has 0 aromatic heterocycles. The van der Waals surface area contributed by atoms with Gasteiger partial charge in [-0.3, -0.25) is 9.59 Å². The number of Topliss-reactive ketones (excluding diaryl/α,β-unsaturated/α-hetero) is 2. The van der Waals surface area contributed by atoms with Gasteiger partial charge < -0.3 is 5.32 Å². The van der Waals surface area contributed by atoms with E-state index in [4.69, 9.17) is 11.6 Å². The molecule has 1 aliphatic heterocycles. The summed E-state index contributed by atoms with van der Waals surface area (Å²) in [5.41, 5.74) is 4.94. The third-order valence-electron chi connectivity index (χ3n) is 4.16. The lowest BCUT2D eigenvalue weighted by molar-refractivity contribution is 0.101. The van der Waals surface area contributed by atoms with E-state index in [-0.39, 0.29) is 11.6 Å². The van der Waals surface area contributed by atoms with Crippen LogP contribution in [0.25, 0.3) is 0 Å². The molecule has 0 saturated carbocycles. The van der Waals surface area contributed by atoms with Gasteiger partial charge in [0.1, 0.15) is 0 Å². The number of nitrogens with one attached hydrogen (secondary N) is 1. The Morgan fingerprint density at radius 2 is 1.77 bits per heavy atom. The summed E-state index contributed by atoms with van der Waals surface area (Å²) in [6, 6.07) is 10.8. The van der Waals surface area contributed by atoms with E-state index in [2.05, 4.69) is 5.32 Å². The van der Waals surface area contributed by atoms with Crippen molar-refractivity contribution in [1.82, 2.24) is 0 Å². The lowest BCUT2D eigenvalue weighted by Crippen LogP contribution is -2.09. The molecular weight excluding hydrogens is 298 g/mol. The summed E-state index contributed by atoms with van der Waals surface area (Å²) in [5, 5.41) is 3.63. The van der Waals surface area contributed by atoms with Gasteiger partial charge in [0.15, 0.2) is 5.78 Å². The lowest BCUT2D eigenvalue weighted by Gasteiger charge is -2.02. The predicted molar refractivity (Wildman–Crippen MR) is 85.6 cm³/mol. The van der Waals surface area contributed by atoms with Crippen molar-refractivity contribution in [1.29, 1.82) is 0 Å². The SMILES string of the molecule is Cc1ccc2c(c1)C/C(=C1/Nc3cc(Cl)ccc3C1=O)C2=O. The van der Waals surface area contributed by atoms with Gasteiger partial charge in [-0.15, -0.1) is 0 Å². The lowest BCUT2D eigenvalue weighted by atomic mass is 10.1. The molecule has 0 amide bonds. The zero-order valence-corrected chi connectivity index (χ0v) is 12.6. The number of allylic oxidation sites excluding steroid dienone is 2. The van der Waals surface area contributed by atoms with Crippen molar-refractivity contribution in [3.8, 4) is 0 Å². The highest BCUT2D eigenvalue weighted by Crippen LogP contribution is 2.36. The Morgan fingerprint density at radius 3 is 2.59 bits per heavy atom. The first-order valence-electron chi connectivity index (χ1n) is 7.03. The van der Waals surface area contributed by atoms with Crippen molar-refractivity contribution in [2.24, 2.45) is 0 Å². The molecule has 2 aliphatic rings. The summed E-state index contributed by atoms with van der Waals surface area (Å²) in [6.45, 7) is 1.99. The Kier molecular flexibility index (Phi) is 2.75. The fourth-order valence-corrected chi connectivity index (χ4v) is 3.25. The van der Waals surface area contributed by atoms with Gasteiger partial charge in [0.05, 0.1) is 11.4 Å². The fraction of sp³-hybridized carbons (Fsp3) is 0.111. The van der Waals surface area contributed by atoms with E-state index in [1.54, 1.807) is 18.2 Å². The van der Waals surface area contributed by atoms with Crippen molar-refractivity contribution in [2.75, 3.05) is 5.32 Å². The smallest absolute Gasteiger partial charge is 0.211 e. The highest BCUT2D eigenvalue weighted by Gasteiger charge is 2.34. The zero-order valence-electron chi connectivity index (χ0n) is 11.9. The van der Waals surface area contributed by atoms with Crippen LogP contribution in [0.2, 0.25) is 5.02 Å². The minimum absolute atomic E-state index is 0.0650. The molecule has 0 atom stereocenters. The van der Waals surface area contributed by atoms with Crippen molar-refractivity contribution < 1.29 is 9.59 Å². The van der Waals surface area contributed by atoms with E-state index in [1.165, 1.54) is 0 Å². The molecule has 0 bridgehead atoms. The van der Waals surface area contributed by atoms with Gasteiger partial charge in [-0.05, 0) is 30.7 Å². The third-order valence-corrected chi connectivity index (χ3v) is 4.40. The molecule has 108 valence electrons. The largest absolute Gasteiger partial charge is 0.351 e. The van der Waals surface area contributed by atoms with Crippen LogP contribution in [0.1, 0.15) is 31.8 Å². The molecule has 0 saturated heterocycles. The van der Waals surface area contributed by atoms with Crippen LogP contribution in [-0.2, 0) is 6.42 Å². The van der Waals surface area contributed by atoms with Crippen LogP contribution in [0.4, 0.5) is 5.69 Å². The quantitative estimate of drug-likeness (QED) is 0.750. The van der Waals surface area contributed by atoms with Crippen LogP contribution in [0, 0.1) is 6.92 Å². The van der Waals surface area contributed by atoms with Gasteiger partial charge in [0.25, 0.3) is 0 Å². The Morgan fingerprint density at radius 1 is 1.00 bits per heavy atom. The average Bonchev–Trinajstić information content (AvgIpc) is 2.96. The minimum Gasteiger partial charge on any atom is -0.351 e. The Hall–Kier alpha value is -2.39. The molecule has 2 aromatic rings.